The van der Waals surface area contributed by atoms with E-state index < -0.39 is 6.04 Å². The molecule has 1 N–H and O–H groups in total. The lowest BCUT2D eigenvalue weighted by molar-refractivity contribution is -0.122. The fraction of sp³-hybridized carbons (Fsp3) is 0.280. The number of carbonyl (C=O) groups excluding carboxylic acids is 2. The maximum Gasteiger partial charge on any atom is 0.264 e. The minimum absolute atomic E-state index is 0.0436. The van der Waals surface area contributed by atoms with Gasteiger partial charge in [0.2, 0.25) is 5.91 Å². The molecule has 5 nitrogen and oxygen atoms in total. The summed E-state index contributed by atoms with van der Waals surface area (Å²) < 4.78 is 0. The molecule has 1 aromatic heterocycles. The first-order valence-electron chi connectivity index (χ1n) is 10.5. The van der Waals surface area contributed by atoms with Crippen LogP contribution in [-0.4, -0.2) is 47.8 Å². The highest BCUT2D eigenvalue weighted by molar-refractivity contribution is 7.12. The number of anilines is 1. The highest BCUT2D eigenvalue weighted by atomic mass is 32.1. The summed E-state index contributed by atoms with van der Waals surface area (Å²) >= 11 is 1.47. The van der Waals surface area contributed by atoms with Gasteiger partial charge in [-0.25, -0.2) is 0 Å². The van der Waals surface area contributed by atoms with Crippen molar-refractivity contribution in [1.29, 1.82) is 0 Å². The Labute approximate surface area is 187 Å². The minimum Gasteiger partial charge on any atom is -0.335 e. The number of rotatable bonds is 5. The molecule has 2 aromatic carbocycles. The highest BCUT2D eigenvalue weighted by Crippen LogP contribution is 2.26. The van der Waals surface area contributed by atoms with Crippen molar-refractivity contribution >= 4 is 28.8 Å². The molecule has 0 unspecified atom stereocenters. The fourth-order valence-corrected chi connectivity index (χ4v) is 4.67. The summed E-state index contributed by atoms with van der Waals surface area (Å²) in [6.07, 6.45) is 0. The van der Waals surface area contributed by atoms with E-state index in [0.29, 0.717) is 26.2 Å². The molecule has 2 amide bonds. The molecule has 0 bridgehead atoms. The van der Waals surface area contributed by atoms with Gasteiger partial charge in [0, 0.05) is 31.9 Å². The SMILES string of the molecule is Cc1ccc(C)c(NC(=O)[C@@H](c2ccccc2)N2CCN(C(=O)c3cccs3)CC2)c1. The monoisotopic (exact) mass is 433 g/mol. The van der Waals surface area contributed by atoms with Crippen LogP contribution in [0.15, 0.2) is 66.0 Å². The van der Waals surface area contributed by atoms with Crippen molar-refractivity contribution < 1.29 is 9.59 Å². The third-order valence-electron chi connectivity index (χ3n) is 5.71. The van der Waals surface area contributed by atoms with E-state index in [1.54, 1.807) is 0 Å². The lowest BCUT2D eigenvalue weighted by Gasteiger charge is -2.38. The van der Waals surface area contributed by atoms with E-state index >= 15 is 0 Å². The lowest BCUT2D eigenvalue weighted by atomic mass is 10.0. The van der Waals surface area contributed by atoms with E-state index in [4.69, 9.17) is 0 Å². The number of benzene rings is 2. The fourth-order valence-electron chi connectivity index (χ4n) is 3.97. The molecule has 2 heterocycles. The van der Waals surface area contributed by atoms with Crippen molar-refractivity contribution in [3.8, 4) is 0 Å². The molecule has 4 rings (SSSR count). The van der Waals surface area contributed by atoms with Crippen LogP contribution in [0.1, 0.15) is 32.4 Å². The number of thiophene rings is 1. The summed E-state index contributed by atoms with van der Waals surface area (Å²) in [5.41, 5.74) is 3.95. The van der Waals surface area contributed by atoms with Crippen LogP contribution in [0.25, 0.3) is 0 Å². The standard InChI is InChI=1S/C25H27N3O2S/c1-18-10-11-19(2)21(17-18)26-24(29)23(20-7-4-3-5-8-20)27-12-14-28(15-13-27)25(30)22-9-6-16-31-22/h3-11,16-17,23H,12-15H2,1-2H3,(H,26,29)/t23-/m1/s1. The van der Waals surface area contributed by atoms with Gasteiger partial charge < -0.3 is 10.2 Å². The minimum atomic E-state index is -0.403. The first-order chi connectivity index (χ1) is 15.0. The van der Waals surface area contributed by atoms with Crippen LogP contribution in [0, 0.1) is 13.8 Å². The van der Waals surface area contributed by atoms with Crippen LogP contribution in [0.4, 0.5) is 5.69 Å². The van der Waals surface area contributed by atoms with E-state index in [2.05, 4.69) is 10.2 Å². The van der Waals surface area contributed by atoms with E-state index in [1.165, 1.54) is 11.3 Å². The highest BCUT2D eigenvalue weighted by Gasteiger charge is 2.32. The van der Waals surface area contributed by atoms with E-state index in [0.717, 1.165) is 27.3 Å². The second-order valence-corrected chi connectivity index (χ2v) is 8.87. The number of hydrogen-bond acceptors (Lipinski definition) is 4. The molecule has 1 aliphatic rings. The van der Waals surface area contributed by atoms with Gasteiger partial charge in [0.1, 0.15) is 6.04 Å². The zero-order chi connectivity index (χ0) is 21.8. The summed E-state index contributed by atoms with van der Waals surface area (Å²) in [7, 11) is 0. The molecule has 6 heteroatoms. The third kappa shape index (κ3) is 4.86. The van der Waals surface area contributed by atoms with E-state index in [-0.39, 0.29) is 11.8 Å². The van der Waals surface area contributed by atoms with Gasteiger partial charge in [0.15, 0.2) is 0 Å². The largest absolute Gasteiger partial charge is 0.335 e. The average molecular weight is 434 g/mol. The molecule has 1 fully saturated rings. The Kier molecular flexibility index (Phi) is 6.49. The first-order valence-corrected chi connectivity index (χ1v) is 11.4. The molecule has 0 radical (unpaired) electrons. The molecule has 0 aliphatic carbocycles. The quantitative estimate of drug-likeness (QED) is 0.644. The molecule has 1 saturated heterocycles. The summed E-state index contributed by atoms with van der Waals surface area (Å²) in [5.74, 6) is 0.0312. The van der Waals surface area contributed by atoms with E-state index in [1.807, 2.05) is 84.8 Å². The zero-order valence-corrected chi connectivity index (χ0v) is 18.7. The van der Waals surface area contributed by atoms with Crippen molar-refractivity contribution in [2.75, 3.05) is 31.5 Å². The van der Waals surface area contributed by atoms with Gasteiger partial charge in [-0.1, -0.05) is 48.5 Å². The number of nitrogens with one attached hydrogen (secondary N) is 1. The number of hydrogen-bond donors (Lipinski definition) is 1. The van der Waals surface area contributed by atoms with Gasteiger partial charge in [0.25, 0.3) is 5.91 Å². The third-order valence-corrected chi connectivity index (χ3v) is 6.57. The normalized spacial score (nSPS) is 15.5. The smallest absolute Gasteiger partial charge is 0.264 e. The molecule has 31 heavy (non-hydrogen) atoms. The maximum absolute atomic E-state index is 13.4. The molecule has 160 valence electrons. The molecule has 0 spiro atoms. The predicted molar refractivity (Wildman–Crippen MR) is 126 cm³/mol. The number of amides is 2. The van der Waals surface area contributed by atoms with Gasteiger partial charge in [-0.3, -0.25) is 14.5 Å². The van der Waals surface area contributed by atoms with Gasteiger partial charge in [0.05, 0.1) is 4.88 Å². The van der Waals surface area contributed by atoms with E-state index in [9.17, 15) is 9.59 Å². The number of carbonyl (C=O) groups is 2. The van der Waals surface area contributed by atoms with Crippen LogP contribution >= 0.6 is 11.3 Å². The second-order valence-electron chi connectivity index (χ2n) is 7.93. The van der Waals surface area contributed by atoms with Gasteiger partial charge in [-0.15, -0.1) is 11.3 Å². The molecular weight excluding hydrogens is 406 g/mol. The number of nitrogens with zero attached hydrogens (tertiary/aromatic N) is 2. The van der Waals surface area contributed by atoms with Crippen LogP contribution in [0.5, 0.6) is 0 Å². The lowest BCUT2D eigenvalue weighted by Crippen LogP contribution is -2.51. The molecule has 1 aliphatic heterocycles. The first kappa shape index (κ1) is 21.3. The van der Waals surface area contributed by atoms with Crippen LogP contribution in [-0.2, 0) is 4.79 Å². The molecule has 0 saturated carbocycles. The predicted octanol–water partition coefficient (Wildman–Crippen LogP) is 4.50. The number of aryl methyl sites for hydroxylation is 2. The molecule has 1 atom stereocenters. The Hall–Kier alpha value is -2.96. The Morgan fingerprint density at radius 1 is 0.935 bits per heavy atom. The summed E-state index contributed by atoms with van der Waals surface area (Å²) in [6.45, 7) is 6.54. The summed E-state index contributed by atoms with van der Waals surface area (Å²) in [6, 6.07) is 19.3. The second kappa shape index (κ2) is 9.45. The van der Waals surface area contributed by atoms with Crippen LogP contribution < -0.4 is 5.32 Å². The molecular formula is C25H27N3O2S. The Balaban J connectivity index is 1.52. The van der Waals surface area contributed by atoms with Gasteiger partial charge in [-0.2, -0.15) is 0 Å². The summed E-state index contributed by atoms with van der Waals surface area (Å²) in [4.78, 5) is 31.0. The Bertz CT molecular complexity index is 1040. The van der Waals surface area contributed by atoms with Crippen molar-refractivity contribution in [2.45, 2.75) is 19.9 Å². The van der Waals surface area contributed by atoms with Crippen molar-refractivity contribution in [3.05, 3.63) is 87.6 Å². The van der Waals surface area contributed by atoms with Gasteiger partial charge in [-0.05, 0) is 48.1 Å². The Morgan fingerprint density at radius 2 is 1.68 bits per heavy atom. The van der Waals surface area contributed by atoms with Crippen molar-refractivity contribution in [3.63, 3.8) is 0 Å². The van der Waals surface area contributed by atoms with Crippen LogP contribution in [0.2, 0.25) is 0 Å². The van der Waals surface area contributed by atoms with Crippen molar-refractivity contribution in [1.82, 2.24) is 9.80 Å². The number of piperazine rings is 1. The summed E-state index contributed by atoms with van der Waals surface area (Å²) in [5, 5.41) is 5.07. The van der Waals surface area contributed by atoms with Crippen LogP contribution in [0.3, 0.4) is 0 Å². The average Bonchev–Trinajstić information content (AvgIpc) is 3.32. The van der Waals surface area contributed by atoms with Gasteiger partial charge >= 0.3 is 0 Å². The zero-order valence-electron chi connectivity index (χ0n) is 17.9. The Morgan fingerprint density at radius 3 is 2.35 bits per heavy atom. The topological polar surface area (TPSA) is 52.7 Å². The van der Waals surface area contributed by atoms with Crippen molar-refractivity contribution in [2.24, 2.45) is 0 Å². The molecule has 3 aromatic rings. The maximum atomic E-state index is 13.4.